The van der Waals surface area contributed by atoms with E-state index in [4.69, 9.17) is 67.5 Å². The van der Waals surface area contributed by atoms with Crippen LogP contribution in [0.25, 0.3) is 21.8 Å². The molecule has 2 fully saturated rings. The average molecular weight is 1090 g/mol. The zero-order chi connectivity index (χ0) is 53.2. The summed E-state index contributed by atoms with van der Waals surface area (Å²) >= 11 is 18.7. The van der Waals surface area contributed by atoms with Gasteiger partial charge in [-0.15, -0.1) is 11.6 Å². The third-order valence-corrected chi connectivity index (χ3v) is 14.3. The van der Waals surface area contributed by atoms with E-state index in [0.29, 0.717) is 91.8 Å². The van der Waals surface area contributed by atoms with Gasteiger partial charge < -0.3 is 37.6 Å². The summed E-state index contributed by atoms with van der Waals surface area (Å²) in [7, 11) is 0. The Labute approximate surface area is 455 Å². The van der Waals surface area contributed by atoms with Crippen molar-refractivity contribution in [2.45, 2.75) is 79.1 Å². The van der Waals surface area contributed by atoms with Gasteiger partial charge in [-0.05, 0) is 125 Å². The lowest BCUT2D eigenvalue weighted by molar-refractivity contribution is -0.139. The molecule has 1 spiro atoms. The largest absolute Gasteiger partial charge is 0.493 e. The van der Waals surface area contributed by atoms with Crippen LogP contribution in [-0.2, 0) is 40.0 Å². The molecule has 76 heavy (non-hydrogen) atoms. The average Bonchev–Trinajstić information content (AvgIpc) is 4.02. The molecule has 2 aliphatic heterocycles. The number of hydrogen-bond acceptors (Lipinski definition) is 16. The van der Waals surface area contributed by atoms with E-state index in [0.717, 1.165) is 90.2 Å². The van der Waals surface area contributed by atoms with Crippen LogP contribution in [0, 0.1) is 33.1 Å². The number of carbonyl (C=O) groups is 2. The molecule has 0 radical (unpaired) electrons. The van der Waals surface area contributed by atoms with Crippen LogP contribution in [0.4, 0.5) is 0 Å². The van der Waals surface area contributed by atoms with Crippen molar-refractivity contribution >= 4 is 68.2 Å². The quantitative estimate of drug-likeness (QED) is 0.0488. The summed E-state index contributed by atoms with van der Waals surface area (Å²) < 4.78 is 39.6. The molecule has 4 aromatic carbocycles. The molecule has 0 N–H and O–H groups in total. The number of ketones is 2. The lowest BCUT2D eigenvalue weighted by atomic mass is 9.77. The van der Waals surface area contributed by atoms with Crippen LogP contribution in [0.1, 0.15) is 70.8 Å². The number of halogens is 3. The van der Waals surface area contributed by atoms with Crippen molar-refractivity contribution in [1.29, 1.82) is 0 Å². The number of rotatable bonds is 21. The fraction of sp³-hybridized carbons (Fsp3) is 0.368. The number of benzene rings is 4. The van der Waals surface area contributed by atoms with Crippen molar-refractivity contribution < 1.29 is 42.3 Å². The predicted molar refractivity (Wildman–Crippen MR) is 289 cm³/mol. The highest BCUT2D eigenvalue weighted by atomic mass is 35.5. The van der Waals surface area contributed by atoms with Crippen molar-refractivity contribution in [2.24, 2.45) is 5.41 Å². The van der Waals surface area contributed by atoms with E-state index >= 15 is 0 Å². The molecule has 8 aromatic rings. The van der Waals surface area contributed by atoms with Gasteiger partial charge in [0.2, 0.25) is 11.8 Å². The Morgan fingerprint density at radius 1 is 0.618 bits per heavy atom. The summed E-state index contributed by atoms with van der Waals surface area (Å²) in [4.78, 5) is 44.9. The van der Waals surface area contributed by atoms with E-state index in [1.54, 1.807) is 62.4 Å². The number of nitrogens with zero attached hydrogens (tertiary/aromatic N) is 7. The third kappa shape index (κ3) is 14.0. The molecule has 2 saturated heterocycles. The van der Waals surface area contributed by atoms with Gasteiger partial charge in [-0.3, -0.25) is 9.59 Å². The molecule has 16 nitrogen and oxygen atoms in total. The number of hydrogen-bond donors (Lipinski definition) is 0. The second kappa shape index (κ2) is 25.0. The zero-order valence-corrected chi connectivity index (χ0v) is 45.1. The molecule has 0 atom stereocenters. The fourth-order valence-electron chi connectivity index (χ4n) is 9.10. The van der Waals surface area contributed by atoms with E-state index < -0.39 is 0 Å². The van der Waals surface area contributed by atoms with Gasteiger partial charge in [0, 0.05) is 65.0 Å². The molecule has 6 heterocycles. The molecule has 19 heteroatoms. The highest BCUT2D eigenvalue weighted by Gasteiger charge is 2.41. The standard InChI is InChI=1S/C32H35ClN4O5.C25H23Cl2N3O4/c1-21-12-27-29(17-30(21)40-11-3-8-37-9-6-32(7-10-37)18-39-19-32)34-20-35-31(27)41-26-5-4-23(28(33)16-26)14-25(38)15-24-13-22(2)42-36-24;1-15-8-21-23(13-24(15)32-7-3-6-26)28-14-29-25(21)33-20-5-4-17(22(27)12-20)10-19(31)11-18-9-16(2)34-30-18/h4-5,12-13,16-17,20H,3,6-11,14-15,18-19H2,1-2H3;4-5,8-9,12-14H,3,6-7,10-11H2,1-2H3. The summed E-state index contributed by atoms with van der Waals surface area (Å²) in [5, 5.41) is 10.2. The maximum atomic E-state index is 12.5. The number of carbonyl (C=O) groups excluding carboxylic acids is 2. The first-order valence-electron chi connectivity index (χ1n) is 25.2. The molecule has 396 valence electrons. The SMILES string of the molecule is Cc1cc(CC(=O)Cc2ccc(Oc3ncnc4cc(OCCCCl)c(C)cc34)cc2Cl)no1.Cc1cc(CC(=O)Cc2ccc(Oc3ncnc4cc(OCCCN5CCC6(CC5)COC6)c(C)cc34)cc2Cl)no1. The first-order valence-corrected chi connectivity index (χ1v) is 26.5. The topological polar surface area (TPSA) is 187 Å². The van der Waals surface area contributed by atoms with Crippen molar-refractivity contribution in [2.75, 3.05) is 51.9 Å². The number of ether oxygens (including phenoxy) is 5. The van der Waals surface area contributed by atoms with Crippen LogP contribution in [0.15, 0.2) is 94.5 Å². The minimum Gasteiger partial charge on any atom is -0.493 e. The van der Waals surface area contributed by atoms with Crippen LogP contribution in [-0.4, -0.2) is 98.7 Å². The second-order valence-electron chi connectivity index (χ2n) is 19.4. The van der Waals surface area contributed by atoms with E-state index in [2.05, 4.69) is 35.1 Å². The van der Waals surface area contributed by atoms with Crippen LogP contribution >= 0.6 is 34.8 Å². The lowest BCUT2D eigenvalue weighted by Crippen LogP contribution is -2.51. The Balaban J connectivity index is 0.000000190. The number of piperidine rings is 1. The number of Topliss-reactive ketones (excluding diaryl/α,β-unsaturated/α-hetero) is 2. The van der Waals surface area contributed by atoms with Crippen molar-refractivity contribution in [3.63, 3.8) is 0 Å². The zero-order valence-electron chi connectivity index (χ0n) is 42.8. The predicted octanol–water partition coefficient (Wildman–Crippen LogP) is 12.0. The Kier molecular flexibility index (Phi) is 17.8. The molecule has 0 aliphatic carbocycles. The molecule has 0 bridgehead atoms. The summed E-state index contributed by atoms with van der Waals surface area (Å²) in [6, 6.07) is 21.7. The van der Waals surface area contributed by atoms with Gasteiger partial charge in [0.1, 0.15) is 58.7 Å². The Morgan fingerprint density at radius 2 is 1.11 bits per heavy atom. The summed E-state index contributed by atoms with van der Waals surface area (Å²) in [6.45, 7) is 14.0. The number of aryl methyl sites for hydroxylation is 4. The van der Waals surface area contributed by atoms with E-state index in [1.165, 1.54) is 25.5 Å². The summed E-state index contributed by atoms with van der Waals surface area (Å²) in [5.74, 6) is 5.31. The van der Waals surface area contributed by atoms with E-state index in [1.807, 2.05) is 38.1 Å². The molecular formula is C57H58Cl3N7O9. The first kappa shape index (κ1) is 54.1. The van der Waals surface area contributed by atoms with Crippen molar-refractivity contribution in [1.82, 2.24) is 35.1 Å². The van der Waals surface area contributed by atoms with Gasteiger partial charge in [-0.1, -0.05) is 45.6 Å². The molecule has 0 unspecified atom stereocenters. The molecule has 2 aliphatic rings. The Morgan fingerprint density at radius 3 is 1.53 bits per heavy atom. The number of alkyl halides is 1. The van der Waals surface area contributed by atoms with Gasteiger partial charge >= 0.3 is 0 Å². The van der Waals surface area contributed by atoms with Crippen molar-refractivity contribution in [3.05, 3.63) is 141 Å². The molecule has 4 aromatic heterocycles. The van der Waals surface area contributed by atoms with Gasteiger partial charge in [0.15, 0.2) is 0 Å². The molecule has 10 rings (SSSR count). The summed E-state index contributed by atoms with van der Waals surface area (Å²) in [6.07, 6.45) is 7.90. The first-order chi connectivity index (χ1) is 36.8. The highest BCUT2D eigenvalue weighted by molar-refractivity contribution is 6.32. The number of fused-ring (bicyclic) bond motifs is 2. The van der Waals surface area contributed by atoms with Crippen molar-refractivity contribution in [3.8, 4) is 34.8 Å². The van der Waals surface area contributed by atoms with E-state index in [9.17, 15) is 9.59 Å². The van der Waals surface area contributed by atoms with Crippen LogP contribution in [0.3, 0.4) is 0 Å². The number of likely N-dealkylation sites (tertiary alicyclic amines) is 1. The van der Waals surface area contributed by atoms with Gasteiger partial charge in [0.05, 0.1) is 72.5 Å². The Bertz CT molecular complexity index is 3330. The maximum Gasteiger partial charge on any atom is 0.230 e. The van der Waals surface area contributed by atoms with Crippen LogP contribution < -0.4 is 18.9 Å². The van der Waals surface area contributed by atoms with Gasteiger partial charge in [-0.2, -0.15) is 0 Å². The lowest BCUT2D eigenvalue weighted by Gasteiger charge is -2.47. The molecular weight excluding hydrogens is 1030 g/mol. The van der Waals surface area contributed by atoms with Crippen LogP contribution in [0.2, 0.25) is 10.0 Å². The molecule has 0 amide bonds. The smallest absolute Gasteiger partial charge is 0.230 e. The fourth-order valence-corrected chi connectivity index (χ4v) is 9.68. The van der Waals surface area contributed by atoms with Gasteiger partial charge in [0.25, 0.3) is 0 Å². The monoisotopic (exact) mass is 1090 g/mol. The third-order valence-electron chi connectivity index (χ3n) is 13.3. The van der Waals surface area contributed by atoms with Gasteiger partial charge in [-0.25, -0.2) is 19.9 Å². The normalized spacial score (nSPS) is 14.0. The highest BCUT2D eigenvalue weighted by Crippen LogP contribution is 2.39. The minimum atomic E-state index is -0.00907. The molecule has 0 saturated carbocycles. The maximum absolute atomic E-state index is 12.5. The minimum absolute atomic E-state index is 0.00180. The number of aromatic nitrogens is 6. The Hall–Kier alpha value is -6.69. The second-order valence-corrected chi connectivity index (χ2v) is 20.6. The van der Waals surface area contributed by atoms with E-state index in [-0.39, 0.29) is 37.2 Å². The summed E-state index contributed by atoms with van der Waals surface area (Å²) in [5.41, 5.74) is 6.48. The van der Waals surface area contributed by atoms with Crippen LogP contribution in [0.5, 0.6) is 34.8 Å².